The quantitative estimate of drug-likeness (QED) is 0.167. The van der Waals surface area contributed by atoms with Gasteiger partial charge in [0.25, 0.3) is 5.69 Å². The van der Waals surface area contributed by atoms with Crippen LogP contribution in [0.3, 0.4) is 0 Å². The second kappa shape index (κ2) is 9.00. The zero-order valence-electron chi connectivity index (χ0n) is 16.9. The first-order chi connectivity index (χ1) is 14.2. The summed E-state index contributed by atoms with van der Waals surface area (Å²) in [6.45, 7) is 6.34. The molecule has 7 heteroatoms. The van der Waals surface area contributed by atoms with Crippen LogP contribution in [-0.2, 0) is 5.41 Å². The minimum Gasteiger partial charge on any atom is -0.289 e. The first kappa shape index (κ1) is 21.4. The largest absolute Gasteiger partial charge is 0.289 e. The average Bonchev–Trinajstić information content (AvgIpc) is 2.73. The van der Waals surface area contributed by atoms with Crippen molar-refractivity contribution in [3.8, 4) is 0 Å². The summed E-state index contributed by atoms with van der Waals surface area (Å²) in [5.74, 6) is -0.158. The molecule has 2 aromatic carbocycles. The Kier molecular flexibility index (Phi) is 6.42. The summed E-state index contributed by atoms with van der Waals surface area (Å²) in [6.07, 6.45) is 6.18. The summed E-state index contributed by atoms with van der Waals surface area (Å²) in [5, 5.41) is 11.9. The van der Waals surface area contributed by atoms with Gasteiger partial charge in [0.2, 0.25) is 0 Å². The number of rotatable bonds is 6. The lowest BCUT2D eigenvalue weighted by atomic mass is 9.86. The highest BCUT2D eigenvalue weighted by Gasteiger charge is 2.17. The zero-order valence-corrected chi connectivity index (χ0v) is 17.7. The Morgan fingerprint density at radius 3 is 2.33 bits per heavy atom. The van der Waals surface area contributed by atoms with E-state index in [0.717, 1.165) is 17.3 Å². The van der Waals surface area contributed by atoms with Gasteiger partial charge in [0.1, 0.15) is 0 Å². The van der Waals surface area contributed by atoms with Crippen molar-refractivity contribution in [1.29, 1.82) is 0 Å². The number of hydrogen-bond donors (Lipinski definition) is 0. The van der Waals surface area contributed by atoms with Gasteiger partial charge in [0, 0.05) is 24.0 Å². The molecule has 0 aliphatic heterocycles. The van der Waals surface area contributed by atoms with Gasteiger partial charge in [-0.3, -0.25) is 14.9 Å². The lowest BCUT2D eigenvalue weighted by molar-refractivity contribution is -0.387. The molecule has 0 saturated heterocycles. The number of aromatic nitrogens is 2. The van der Waals surface area contributed by atoms with Gasteiger partial charge in [-0.1, -0.05) is 57.2 Å². The number of nitro benzene ring substituents is 1. The van der Waals surface area contributed by atoms with E-state index in [2.05, 4.69) is 30.7 Å². The monoisotopic (exact) mass is 419 g/mol. The van der Waals surface area contributed by atoms with Crippen molar-refractivity contribution in [2.75, 3.05) is 0 Å². The molecule has 3 aromatic rings. The van der Waals surface area contributed by atoms with Crippen molar-refractivity contribution in [1.82, 2.24) is 9.97 Å². The molecular weight excluding hydrogens is 398 g/mol. The predicted octanol–water partition coefficient (Wildman–Crippen LogP) is 5.73. The summed E-state index contributed by atoms with van der Waals surface area (Å²) >= 11 is 1.12. The molecule has 0 unspecified atom stereocenters. The van der Waals surface area contributed by atoms with Crippen molar-refractivity contribution in [2.24, 2.45) is 0 Å². The SMILES string of the molecule is CC(C)(C)c1ccc(C(=O)C=Cc2ccc(Sc3ncccn3)c([N+](=O)[O-])c2)cc1. The lowest BCUT2D eigenvalue weighted by Gasteiger charge is -2.18. The Labute approximate surface area is 179 Å². The van der Waals surface area contributed by atoms with Gasteiger partial charge in [-0.05, 0) is 46.5 Å². The first-order valence-electron chi connectivity index (χ1n) is 9.30. The minimum atomic E-state index is -0.449. The second-order valence-corrected chi connectivity index (χ2v) is 8.65. The molecule has 6 nitrogen and oxygen atoms in total. The number of ketones is 1. The Balaban J connectivity index is 1.79. The number of benzene rings is 2. The molecule has 0 atom stereocenters. The summed E-state index contributed by atoms with van der Waals surface area (Å²) in [7, 11) is 0. The van der Waals surface area contributed by atoms with E-state index in [0.29, 0.717) is 21.2 Å². The maximum absolute atomic E-state index is 12.5. The van der Waals surface area contributed by atoms with Crippen LogP contribution in [0.2, 0.25) is 0 Å². The highest BCUT2D eigenvalue weighted by molar-refractivity contribution is 7.99. The summed E-state index contributed by atoms with van der Waals surface area (Å²) < 4.78 is 0. The van der Waals surface area contributed by atoms with Gasteiger partial charge < -0.3 is 0 Å². The van der Waals surface area contributed by atoms with Crippen molar-refractivity contribution < 1.29 is 9.72 Å². The number of carbonyl (C=O) groups excluding carboxylic acids is 1. The van der Waals surface area contributed by atoms with E-state index in [-0.39, 0.29) is 16.9 Å². The normalized spacial score (nSPS) is 11.6. The molecule has 0 amide bonds. The topological polar surface area (TPSA) is 86.0 Å². The average molecular weight is 420 g/mol. The van der Waals surface area contributed by atoms with Crippen LogP contribution < -0.4 is 0 Å². The van der Waals surface area contributed by atoms with Crippen LogP contribution in [0.4, 0.5) is 5.69 Å². The van der Waals surface area contributed by atoms with Crippen molar-refractivity contribution in [3.63, 3.8) is 0 Å². The summed E-state index contributed by atoms with van der Waals surface area (Å²) in [4.78, 5) is 32.1. The van der Waals surface area contributed by atoms with Gasteiger partial charge in [-0.25, -0.2) is 9.97 Å². The van der Waals surface area contributed by atoms with Crippen molar-refractivity contribution >= 4 is 29.3 Å². The maximum Gasteiger partial charge on any atom is 0.283 e. The Morgan fingerprint density at radius 1 is 1.07 bits per heavy atom. The van der Waals surface area contributed by atoms with Crippen molar-refractivity contribution in [2.45, 2.75) is 36.2 Å². The Morgan fingerprint density at radius 2 is 1.73 bits per heavy atom. The molecule has 30 heavy (non-hydrogen) atoms. The smallest absolute Gasteiger partial charge is 0.283 e. The fraction of sp³-hybridized carbons (Fsp3) is 0.174. The molecule has 0 aliphatic carbocycles. The number of nitro groups is 1. The van der Waals surface area contributed by atoms with Crippen LogP contribution >= 0.6 is 11.8 Å². The van der Waals surface area contributed by atoms with Crippen LogP contribution in [-0.4, -0.2) is 20.7 Å². The number of allylic oxidation sites excluding steroid dienone is 1. The third kappa shape index (κ3) is 5.39. The molecule has 0 N–H and O–H groups in total. The van der Waals surface area contributed by atoms with Gasteiger partial charge in [-0.15, -0.1) is 0 Å². The van der Waals surface area contributed by atoms with Gasteiger partial charge in [0.15, 0.2) is 10.9 Å². The third-order valence-corrected chi connectivity index (χ3v) is 5.34. The molecule has 0 saturated carbocycles. The fourth-order valence-electron chi connectivity index (χ4n) is 2.71. The van der Waals surface area contributed by atoms with E-state index < -0.39 is 4.92 Å². The number of hydrogen-bond acceptors (Lipinski definition) is 6. The minimum absolute atomic E-state index is 0.0148. The van der Waals surface area contributed by atoms with Gasteiger partial charge in [-0.2, -0.15) is 0 Å². The van der Waals surface area contributed by atoms with Crippen LogP contribution in [0.25, 0.3) is 6.08 Å². The summed E-state index contributed by atoms with van der Waals surface area (Å²) in [6, 6.07) is 14.0. The maximum atomic E-state index is 12.5. The molecule has 1 aromatic heterocycles. The molecule has 3 rings (SSSR count). The van der Waals surface area contributed by atoms with E-state index in [1.807, 2.05) is 12.1 Å². The van der Waals surface area contributed by atoms with Crippen molar-refractivity contribution in [3.05, 3.63) is 93.8 Å². The van der Waals surface area contributed by atoms with E-state index in [9.17, 15) is 14.9 Å². The molecule has 0 aliphatic rings. The molecule has 0 fully saturated rings. The van der Waals surface area contributed by atoms with Crippen LogP contribution in [0, 0.1) is 10.1 Å². The van der Waals surface area contributed by atoms with Gasteiger partial charge >= 0.3 is 0 Å². The van der Waals surface area contributed by atoms with E-state index >= 15 is 0 Å². The number of carbonyl (C=O) groups is 1. The van der Waals surface area contributed by atoms with E-state index in [1.54, 1.807) is 48.8 Å². The van der Waals surface area contributed by atoms with Crippen LogP contribution in [0.1, 0.15) is 42.3 Å². The zero-order chi connectivity index (χ0) is 21.7. The molecule has 0 spiro atoms. The van der Waals surface area contributed by atoms with E-state index in [1.165, 1.54) is 12.1 Å². The molecule has 1 heterocycles. The highest BCUT2D eigenvalue weighted by atomic mass is 32.2. The highest BCUT2D eigenvalue weighted by Crippen LogP contribution is 2.33. The molecule has 0 bridgehead atoms. The number of nitrogens with zero attached hydrogens (tertiary/aromatic N) is 3. The lowest BCUT2D eigenvalue weighted by Crippen LogP contribution is -2.11. The first-order valence-corrected chi connectivity index (χ1v) is 10.1. The van der Waals surface area contributed by atoms with Gasteiger partial charge in [0.05, 0.1) is 9.82 Å². The standard InChI is InChI=1S/C23H21N3O3S/c1-23(2,3)18-9-7-17(8-10-18)20(27)11-5-16-6-12-21(19(15-16)26(28)29)30-22-24-13-4-14-25-22/h4-15H,1-3H3. The van der Waals surface area contributed by atoms with Crippen LogP contribution in [0.5, 0.6) is 0 Å². The molecule has 152 valence electrons. The molecular formula is C23H21N3O3S. The Hall–Kier alpha value is -3.32. The van der Waals surface area contributed by atoms with E-state index in [4.69, 9.17) is 0 Å². The Bertz CT molecular complexity index is 1090. The fourth-order valence-corrected chi connectivity index (χ4v) is 3.50. The van der Waals surface area contributed by atoms with Crippen LogP contribution in [0.15, 0.2) is 77.1 Å². The predicted molar refractivity (Wildman–Crippen MR) is 118 cm³/mol. The summed E-state index contributed by atoms with van der Waals surface area (Å²) in [5.41, 5.74) is 2.24. The molecule has 0 radical (unpaired) electrons. The second-order valence-electron chi connectivity index (χ2n) is 7.64. The third-order valence-electron chi connectivity index (χ3n) is 4.39.